The van der Waals surface area contributed by atoms with Crippen LogP contribution in [0.25, 0.3) is 0 Å². The number of hydrogen-bond acceptors (Lipinski definition) is 4. The Labute approximate surface area is 166 Å². The van der Waals surface area contributed by atoms with Gasteiger partial charge in [-0.15, -0.1) is 0 Å². The summed E-state index contributed by atoms with van der Waals surface area (Å²) < 4.78 is 11.8. The molecular formula is C20H20BrClO4. The first-order valence-corrected chi connectivity index (χ1v) is 9.36. The van der Waals surface area contributed by atoms with Gasteiger partial charge >= 0.3 is 5.97 Å². The van der Waals surface area contributed by atoms with Gasteiger partial charge in [0, 0.05) is 17.0 Å². The summed E-state index contributed by atoms with van der Waals surface area (Å²) in [6, 6.07) is 8.37. The number of carbonyl (C=O) groups is 2. The third-order valence-corrected chi connectivity index (χ3v) is 5.41. The van der Waals surface area contributed by atoms with Crippen LogP contribution < -0.4 is 9.47 Å². The van der Waals surface area contributed by atoms with E-state index in [0.29, 0.717) is 35.1 Å². The Balaban J connectivity index is 1.81. The number of hydrogen-bond donors (Lipinski definition) is 0. The highest BCUT2D eigenvalue weighted by atomic mass is 79.9. The molecule has 0 saturated carbocycles. The lowest BCUT2D eigenvalue weighted by Gasteiger charge is -2.13. The van der Waals surface area contributed by atoms with E-state index in [1.165, 1.54) is 6.92 Å². The molecule has 2 aromatic carbocycles. The average Bonchev–Trinajstić information content (AvgIpc) is 2.61. The number of aryl methyl sites for hydroxylation is 1. The van der Waals surface area contributed by atoms with E-state index in [0.717, 1.165) is 15.6 Å². The van der Waals surface area contributed by atoms with Gasteiger partial charge in [0.25, 0.3) is 0 Å². The van der Waals surface area contributed by atoms with Crippen molar-refractivity contribution in [1.82, 2.24) is 0 Å². The Hall–Kier alpha value is -1.85. The van der Waals surface area contributed by atoms with Crippen LogP contribution in [0, 0.1) is 13.8 Å². The van der Waals surface area contributed by atoms with E-state index >= 15 is 0 Å². The minimum atomic E-state index is -0.341. The maximum Gasteiger partial charge on any atom is 0.311 e. The number of esters is 1. The maximum atomic E-state index is 11.9. The van der Waals surface area contributed by atoms with Gasteiger partial charge < -0.3 is 9.47 Å². The summed E-state index contributed by atoms with van der Waals surface area (Å²) in [5.74, 6) is 0.760. The van der Waals surface area contributed by atoms with Crippen molar-refractivity contribution < 1.29 is 19.1 Å². The van der Waals surface area contributed by atoms with Crippen LogP contribution in [0.5, 0.6) is 11.5 Å². The Bertz CT molecular complexity index is 816. The number of Topliss-reactive ketones (excluding diaryl/α,β-unsaturated/α-hetero) is 1. The first-order valence-electron chi connectivity index (χ1n) is 8.19. The average molecular weight is 440 g/mol. The van der Waals surface area contributed by atoms with Crippen LogP contribution in [0.15, 0.2) is 34.8 Å². The van der Waals surface area contributed by atoms with E-state index in [-0.39, 0.29) is 18.2 Å². The smallest absolute Gasteiger partial charge is 0.311 e. The highest BCUT2D eigenvalue weighted by Crippen LogP contribution is 2.35. The summed E-state index contributed by atoms with van der Waals surface area (Å²) in [5, 5.41) is 0.712. The monoisotopic (exact) mass is 438 g/mol. The van der Waals surface area contributed by atoms with Gasteiger partial charge in [0.05, 0.1) is 11.1 Å². The molecule has 0 saturated heterocycles. The molecule has 0 spiro atoms. The molecule has 138 valence electrons. The lowest BCUT2D eigenvalue weighted by Crippen LogP contribution is -2.10. The van der Waals surface area contributed by atoms with Gasteiger partial charge in [0.15, 0.2) is 5.78 Å². The van der Waals surface area contributed by atoms with Crippen molar-refractivity contribution in [3.8, 4) is 11.5 Å². The molecule has 2 rings (SSSR count). The maximum absolute atomic E-state index is 11.9. The molecule has 6 heteroatoms. The zero-order chi connectivity index (χ0) is 19.3. The molecule has 0 aliphatic carbocycles. The number of rotatable bonds is 7. The number of ether oxygens (including phenoxy) is 2. The van der Waals surface area contributed by atoms with Crippen molar-refractivity contribution in [2.75, 3.05) is 6.61 Å². The first-order chi connectivity index (χ1) is 12.3. The summed E-state index contributed by atoms with van der Waals surface area (Å²) >= 11 is 9.68. The minimum Gasteiger partial charge on any atom is -0.492 e. The SMILES string of the molecule is CC(=O)c1ccc(OC(=O)CCCOc2cc(C)c(Cl)c(C)c2Br)cc1. The summed E-state index contributed by atoms with van der Waals surface area (Å²) in [5.41, 5.74) is 2.45. The molecule has 26 heavy (non-hydrogen) atoms. The zero-order valence-corrected chi connectivity index (χ0v) is 17.2. The molecule has 0 aliphatic heterocycles. The second-order valence-electron chi connectivity index (χ2n) is 5.95. The third-order valence-electron chi connectivity index (χ3n) is 3.84. The van der Waals surface area contributed by atoms with Gasteiger partial charge in [-0.1, -0.05) is 11.6 Å². The number of carbonyl (C=O) groups excluding carboxylic acids is 2. The second kappa shape index (κ2) is 9.19. The topological polar surface area (TPSA) is 52.6 Å². The molecular weight excluding hydrogens is 420 g/mol. The van der Waals surface area contributed by atoms with E-state index in [4.69, 9.17) is 21.1 Å². The van der Waals surface area contributed by atoms with Crippen molar-refractivity contribution in [3.05, 3.63) is 56.5 Å². The van der Waals surface area contributed by atoms with E-state index < -0.39 is 0 Å². The largest absolute Gasteiger partial charge is 0.492 e. The summed E-state index contributed by atoms with van der Waals surface area (Å²) in [7, 11) is 0. The van der Waals surface area contributed by atoms with Gasteiger partial charge in [0.1, 0.15) is 11.5 Å². The van der Waals surface area contributed by atoms with Gasteiger partial charge in [-0.25, -0.2) is 0 Å². The van der Waals surface area contributed by atoms with Crippen LogP contribution in [0.4, 0.5) is 0 Å². The fraction of sp³-hybridized carbons (Fsp3) is 0.300. The molecule has 0 fully saturated rings. The number of benzene rings is 2. The van der Waals surface area contributed by atoms with Gasteiger partial charge in [-0.05, 0) is 84.6 Å². The van der Waals surface area contributed by atoms with Crippen molar-refractivity contribution in [2.24, 2.45) is 0 Å². The van der Waals surface area contributed by atoms with Crippen LogP contribution in [0.1, 0.15) is 41.3 Å². The molecule has 0 aromatic heterocycles. The van der Waals surface area contributed by atoms with Gasteiger partial charge in [-0.3, -0.25) is 9.59 Å². The van der Waals surface area contributed by atoms with Gasteiger partial charge in [0.2, 0.25) is 0 Å². The van der Waals surface area contributed by atoms with E-state index in [1.807, 2.05) is 19.9 Å². The fourth-order valence-electron chi connectivity index (χ4n) is 2.34. The Kier molecular flexibility index (Phi) is 7.23. The molecule has 0 aliphatic rings. The molecule has 0 heterocycles. The zero-order valence-electron chi connectivity index (χ0n) is 14.9. The molecule has 0 unspecified atom stereocenters. The van der Waals surface area contributed by atoms with Crippen LogP contribution in [0.3, 0.4) is 0 Å². The molecule has 0 amide bonds. The van der Waals surface area contributed by atoms with E-state index in [2.05, 4.69) is 15.9 Å². The third kappa shape index (κ3) is 5.32. The van der Waals surface area contributed by atoms with Gasteiger partial charge in [-0.2, -0.15) is 0 Å². The lowest BCUT2D eigenvalue weighted by atomic mass is 10.1. The van der Waals surface area contributed by atoms with Crippen molar-refractivity contribution in [1.29, 1.82) is 0 Å². The Morgan fingerprint density at radius 2 is 1.81 bits per heavy atom. The predicted octanol–water partition coefficient (Wildman–Crippen LogP) is 5.69. The summed E-state index contributed by atoms with van der Waals surface area (Å²) in [6.07, 6.45) is 0.759. The molecule has 0 atom stereocenters. The van der Waals surface area contributed by atoms with E-state index in [9.17, 15) is 9.59 Å². The summed E-state index contributed by atoms with van der Waals surface area (Å²) in [6.45, 7) is 5.71. The highest BCUT2D eigenvalue weighted by Gasteiger charge is 2.11. The second-order valence-corrected chi connectivity index (χ2v) is 7.12. The Morgan fingerprint density at radius 3 is 2.42 bits per heavy atom. The number of ketones is 1. The molecule has 0 N–H and O–H groups in total. The normalized spacial score (nSPS) is 10.5. The quantitative estimate of drug-likeness (QED) is 0.241. The predicted molar refractivity (Wildman–Crippen MR) is 105 cm³/mol. The van der Waals surface area contributed by atoms with Crippen molar-refractivity contribution in [2.45, 2.75) is 33.6 Å². The van der Waals surface area contributed by atoms with E-state index in [1.54, 1.807) is 24.3 Å². The fourth-order valence-corrected chi connectivity index (χ4v) is 3.03. The molecule has 2 aromatic rings. The molecule has 4 nitrogen and oxygen atoms in total. The minimum absolute atomic E-state index is 0.0288. The standard InChI is InChI=1S/C20H20BrClO4/c1-12-11-17(19(21)13(2)20(12)22)25-10-4-5-18(24)26-16-8-6-15(7-9-16)14(3)23/h6-9,11H,4-5,10H2,1-3H3. The first kappa shape index (κ1) is 20.5. The summed E-state index contributed by atoms with van der Waals surface area (Å²) in [4.78, 5) is 23.1. The highest BCUT2D eigenvalue weighted by molar-refractivity contribution is 9.10. The van der Waals surface area contributed by atoms with Crippen LogP contribution in [-0.4, -0.2) is 18.4 Å². The molecule has 0 radical (unpaired) electrons. The van der Waals surface area contributed by atoms with Crippen LogP contribution >= 0.6 is 27.5 Å². The Morgan fingerprint density at radius 1 is 1.15 bits per heavy atom. The van der Waals surface area contributed by atoms with Crippen molar-refractivity contribution >= 4 is 39.3 Å². The molecule has 0 bridgehead atoms. The number of halogens is 2. The van der Waals surface area contributed by atoms with Crippen molar-refractivity contribution in [3.63, 3.8) is 0 Å². The van der Waals surface area contributed by atoms with Crippen LogP contribution in [-0.2, 0) is 4.79 Å². The van der Waals surface area contributed by atoms with Crippen LogP contribution in [0.2, 0.25) is 5.02 Å². The lowest BCUT2D eigenvalue weighted by molar-refractivity contribution is -0.134.